The molecule has 0 radical (unpaired) electrons. The lowest BCUT2D eigenvalue weighted by molar-refractivity contribution is 1.09. The quantitative estimate of drug-likeness (QED) is 0.163. The minimum absolute atomic E-state index is 0.400. The van der Waals surface area contributed by atoms with Gasteiger partial charge in [0, 0.05) is 27.1 Å². The second kappa shape index (κ2) is 14.0. The van der Waals surface area contributed by atoms with E-state index in [0.29, 0.717) is 28.1 Å². The summed E-state index contributed by atoms with van der Waals surface area (Å²) in [6, 6.07) is 53.5. The number of nitriles is 3. The number of pyridine rings is 1. The van der Waals surface area contributed by atoms with Crippen molar-refractivity contribution < 1.29 is 0 Å². The van der Waals surface area contributed by atoms with E-state index >= 15 is 0 Å². The summed E-state index contributed by atoms with van der Waals surface area (Å²) in [5.74, 6) is 0. The Labute approximate surface area is 344 Å². The van der Waals surface area contributed by atoms with Gasteiger partial charge in [0.1, 0.15) is 0 Å². The van der Waals surface area contributed by atoms with Gasteiger partial charge in [-0.1, -0.05) is 97.1 Å². The summed E-state index contributed by atoms with van der Waals surface area (Å²) < 4.78 is 4.41. The maximum Gasteiger partial charge on any atom is 0.184 e. The van der Waals surface area contributed by atoms with E-state index in [-0.39, 0.29) is 0 Å². The highest BCUT2D eigenvalue weighted by molar-refractivity contribution is 6.13. The Morgan fingerprint density at radius 1 is 0.467 bits per heavy atom. The third-order valence-electron chi connectivity index (χ3n) is 11.1. The van der Waals surface area contributed by atoms with Crippen LogP contribution in [-0.2, 0) is 0 Å². The lowest BCUT2D eigenvalue weighted by Gasteiger charge is -2.20. The molecule has 10 aromatic rings. The largest absolute Gasteiger partial charge is 0.307 e. The molecule has 7 aromatic carbocycles. The van der Waals surface area contributed by atoms with Crippen molar-refractivity contribution >= 4 is 55.0 Å². The monoisotopic (exact) mass is 762 g/mol. The predicted octanol–water partition coefficient (Wildman–Crippen LogP) is 13.0. The fraction of sp³-hybridized carbons (Fsp3) is 0. The van der Waals surface area contributed by atoms with Gasteiger partial charge in [0.15, 0.2) is 11.4 Å². The summed E-state index contributed by atoms with van der Waals surface area (Å²) >= 11 is 0. The molecule has 10 rings (SSSR count). The van der Waals surface area contributed by atoms with Crippen LogP contribution in [0, 0.1) is 47.1 Å². The average molecular weight is 763 g/mol. The zero-order chi connectivity index (χ0) is 40.9. The molecule has 0 fully saturated rings. The van der Waals surface area contributed by atoms with Crippen LogP contribution in [0.3, 0.4) is 0 Å². The molecule has 0 amide bonds. The zero-order valence-corrected chi connectivity index (χ0v) is 31.6. The van der Waals surface area contributed by atoms with Gasteiger partial charge in [-0.3, -0.25) is 4.98 Å². The summed E-state index contributed by atoms with van der Waals surface area (Å²) in [4.78, 5) is 12.3. The third kappa shape index (κ3) is 5.45. The van der Waals surface area contributed by atoms with Crippen LogP contribution in [0.1, 0.15) is 16.7 Å². The van der Waals surface area contributed by atoms with E-state index in [1.54, 1.807) is 30.3 Å². The molecule has 0 saturated heterocycles. The Balaban J connectivity index is 1.32. The van der Waals surface area contributed by atoms with Crippen LogP contribution in [0.25, 0.3) is 98.1 Å². The van der Waals surface area contributed by atoms with E-state index in [1.165, 1.54) is 0 Å². The number of nitrogens with zero attached hydrogens (tertiary/aromatic N) is 8. The molecule has 8 nitrogen and oxygen atoms in total. The Bertz CT molecular complexity index is 3470. The smallest absolute Gasteiger partial charge is 0.184 e. The lowest BCUT2D eigenvalue weighted by Crippen LogP contribution is -2.05. The molecule has 0 atom stereocenters. The van der Waals surface area contributed by atoms with E-state index in [9.17, 15) is 15.8 Å². The number of benzene rings is 7. The lowest BCUT2D eigenvalue weighted by atomic mass is 9.97. The van der Waals surface area contributed by atoms with Gasteiger partial charge in [-0.05, 0) is 76.3 Å². The highest BCUT2D eigenvalue weighted by atomic mass is 15.0. The summed E-state index contributed by atoms with van der Waals surface area (Å²) in [7, 11) is 0. The SMILES string of the molecule is [C-]#[N+]c1ccc(-c2ccc3c4ccccc4n(-c4cncc(-n5c6ccccc6c6ccc(-c7ccc(C#N)cc7C#N)cc65)c4-c4cccc(C#N)c4)c3c2)c([N+]#[C-])c1. The minimum Gasteiger partial charge on any atom is -0.307 e. The number of hydrogen-bond acceptors (Lipinski definition) is 4. The molecule has 0 bridgehead atoms. The van der Waals surface area contributed by atoms with Crippen molar-refractivity contribution in [2.45, 2.75) is 0 Å². The molecule has 0 spiro atoms. The van der Waals surface area contributed by atoms with Gasteiger partial charge in [0.2, 0.25) is 0 Å². The molecule has 0 aliphatic rings. The van der Waals surface area contributed by atoms with Crippen molar-refractivity contribution in [3.63, 3.8) is 0 Å². The maximum atomic E-state index is 10.2. The van der Waals surface area contributed by atoms with Crippen LogP contribution in [0.4, 0.5) is 11.4 Å². The van der Waals surface area contributed by atoms with E-state index in [1.807, 2.05) is 79.1 Å². The molecular weight excluding hydrogens is 737 g/mol. The van der Waals surface area contributed by atoms with Crippen molar-refractivity contribution in [2.24, 2.45) is 0 Å². The molecule has 274 valence electrons. The number of para-hydroxylation sites is 2. The predicted molar refractivity (Wildman–Crippen MR) is 236 cm³/mol. The normalized spacial score (nSPS) is 10.9. The first-order valence-corrected chi connectivity index (χ1v) is 18.9. The molecule has 0 aliphatic carbocycles. The summed E-state index contributed by atoms with van der Waals surface area (Å²) in [6.45, 7) is 15.5. The summed E-state index contributed by atoms with van der Waals surface area (Å²) in [6.07, 6.45) is 3.72. The number of hydrogen-bond donors (Lipinski definition) is 0. The van der Waals surface area contributed by atoms with Gasteiger partial charge in [0.25, 0.3) is 0 Å². The molecule has 8 heteroatoms. The Morgan fingerprint density at radius 3 is 1.65 bits per heavy atom. The van der Waals surface area contributed by atoms with Crippen LogP contribution < -0.4 is 0 Å². The van der Waals surface area contributed by atoms with Crippen LogP contribution in [-0.4, -0.2) is 14.1 Å². The first-order valence-electron chi connectivity index (χ1n) is 18.9. The highest BCUT2D eigenvalue weighted by Gasteiger charge is 2.23. The number of aromatic nitrogens is 3. The van der Waals surface area contributed by atoms with Crippen LogP contribution in [0.15, 0.2) is 158 Å². The van der Waals surface area contributed by atoms with Gasteiger partial charge >= 0.3 is 0 Å². The molecule has 0 saturated carbocycles. The Morgan fingerprint density at radius 2 is 1.05 bits per heavy atom. The molecular formula is C52H26N8. The second-order valence-electron chi connectivity index (χ2n) is 14.3. The van der Waals surface area contributed by atoms with E-state index in [0.717, 1.165) is 88.4 Å². The van der Waals surface area contributed by atoms with Crippen molar-refractivity contribution in [2.75, 3.05) is 0 Å². The maximum absolute atomic E-state index is 10.2. The second-order valence-corrected chi connectivity index (χ2v) is 14.3. The highest BCUT2D eigenvalue weighted by Crippen LogP contribution is 2.44. The van der Waals surface area contributed by atoms with E-state index in [4.69, 9.17) is 18.1 Å². The Kier molecular flexibility index (Phi) is 8.23. The molecule has 3 heterocycles. The zero-order valence-electron chi connectivity index (χ0n) is 31.6. The molecule has 60 heavy (non-hydrogen) atoms. The van der Waals surface area contributed by atoms with Gasteiger partial charge in [-0.15, -0.1) is 0 Å². The molecule has 3 aromatic heterocycles. The first-order chi connectivity index (χ1) is 29.5. The topological polar surface area (TPSA) is 103 Å². The van der Waals surface area contributed by atoms with Crippen LogP contribution >= 0.6 is 0 Å². The van der Waals surface area contributed by atoms with E-state index in [2.05, 4.69) is 85.6 Å². The average Bonchev–Trinajstić information content (AvgIpc) is 3.82. The first kappa shape index (κ1) is 35.2. The molecule has 0 unspecified atom stereocenters. The van der Waals surface area contributed by atoms with E-state index < -0.39 is 0 Å². The van der Waals surface area contributed by atoms with Crippen molar-refractivity contribution in [3.05, 3.63) is 198 Å². The number of fused-ring (bicyclic) bond motifs is 6. The van der Waals surface area contributed by atoms with Crippen LogP contribution in [0.2, 0.25) is 0 Å². The van der Waals surface area contributed by atoms with Crippen molar-refractivity contribution in [1.29, 1.82) is 15.8 Å². The van der Waals surface area contributed by atoms with Gasteiger partial charge in [-0.2, -0.15) is 15.8 Å². The fourth-order valence-electron chi connectivity index (χ4n) is 8.50. The van der Waals surface area contributed by atoms with Gasteiger partial charge in [0.05, 0.1) is 93.9 Å². The minimum atomic E-state index is 0.400. The van der Waals surface area contributed by atoms with Crippen LogP contribution in [0.5, 0.6) is 0 Å². The fourth-order valence-corrected chi connectivity index (χ4v) is 8.50. The standard InChI is InChI=1S/C52H26N8/c1-56-38-17-21-40(45(26-38)57-2)35-16-20-44-42-11-4-6-13-47(42)60(49(44)25-35)51-31-58-30-50(52(51)36-9-7-8-32(22-36)27-53)59-46-12-5-3-10-41(46)43-19-15-34(24-48(43)59)39-18-14-33(28-54)23-37(39)29-55/h3-26,30-31H. The van der Waals surface area contributed by atoms with Crippen molar-refractivity contribution in [1.82, 2.24) is 14.1 Å². The summed E-state index contributed by atoms with van der Waals surface area (Å²) in [5.41, 5.74) is 12.1. The third-order valence-corrected chi connectivity index (χ3v) is 11.1. The summed E-state index contributed by atoms with van der Waals surface area (Å²) in [5, 5.41) is 33.9. The van der Waals surface area contributed by atoms with Crippen molar-refractivity contribution in [3.8, 4) is 63.0 Å². The van der Waals surface area contributed by atoms with Gasteiger partial charge < -0.3 is 9.13 Å². The molecule has 0 N–H and O–H groups in total. The number of rotatable bonds is 5. The van der Waals surface area contributed by atoms with Gasteiger partial charge in [-0.25, -0.2) is 9.69 Å². The Hall–Kier alpha value is -9.26. The molecule has 0 aliphatic heterocycles.